The fourth-order valence-electron chi connectivity index (χ4n) is 3.01. The van der Waals surface area contributed by atoms with Crippen molar-refractivity contribution in [2.45, 2.75) is 6.04 Å². The molecule has 1 aliphatic heterocycles. The van der Waals surface area contributed by atoms with Crippen LogP contribution in [0.25, 0.3) is 5.70 Å². The Morgan fingerprint density at radius 1 is 1.00 bits per heavy atom. The van der Waals surface area contributed by atoms with Gasteiger partial charge in [-0.2, -0.15) is 0 Å². The van der Waals surface area contributed by atoms with E-state index in [0.29, 0.717) is 27.9 Å². The van der Waals surface area contributed by atoms with Crippen molar-refractivity contribution in [2.24, 2.45) is 0 Å². The molecule has 27 heavy (non-hydrogen) atoms. The maximum atomic E-state index is 12.7. The van der Waals surface area contributed by atoms with Gasteiger partial charge in [-0.05, 0) is 35.5 Å². The highest BCUT2D eigenvalue weighted by molar-refractivity contribution is 7.80. The molecule has 0 bridgehead atoms. The van der Waals surface area contributed by atoms with E-state index in [1.807, 2.05) is 42.5 Å². The Labute approximate surface area is 163 Å². The normalized spacial score (nSPS) is 16.3. The van der Waals surface area contributed by atoms with Crippen molar-refractivity contribution in [2.75, 3.05) is 21.3 Å². The summed E-state index contributed by atoms with van der Waals surface area (Å²) in [6.45, 7) is 0. The van der Waals surface area contributed by atoms with Crippen molar-refractivity contribution in [3.05, 3.63) is 65.2 Å². The van der Waals surface area contributed by atoms with Crippen molar-refractivity contribution in [1.29, 1.82) is 0 Å². The maximum absolute atomic E-state index is 12.7. The Kier molecular flexibility index (Phi) is 5.61. The summed E-state index contributed by atoms with van der Waals surface area (Å²) < 4.78 is 15.7. The van der Waals surface area contributed by atoms with Gasteiger partial charge in [-0.3, -0.25) is 0 Å². The molecule has 0 aliphatic carbocycles. The first kappa shape index (κ1) is 18.7. The predicted molar refractivity (Wildman–Crippen MR) is 107 cm³/mol. The molecule has 1 atom stereocenters. The first-order valence-corrected chi connectivity index (χ1v) is 8.67. The number of benzene rings is 2. The zero-order valence-electron chi connectivity index (χ0n) is 15.2. The number of hydrogen-bond donors (Lipinski definition) is 2. The van der Waals surface area contributed by atoms with Gasteiger partial charge in [0, 0.05) is 0 Å². The van der Waals surface area contributed by atoms with E-state index in [1.165, 1.54) is 7.11 Å². The van der Waals surface area contributed by atoms with Crippen LogP contribution in [0.5, 0.6) is 11.5 Å². The highest BCUT2D eigenvalue weighted by Crippen LogP contribution is 2.36. The molecular weight excluding hydrogens is 364 g/mol. The number of carbonyl (C=O) groups excluding carboxylic acids is 1. The number of rotatable bonds is 5. The second-order valence-corrected chi connectivity index (χ2v) is 6.20. The van der Waals surface area contributed by atoms with Crippen molar-refractivity contribution < 1.29 is 19.0 Å². The van der Waals surface area contributed by atoms with E-state index in [1.54, 1.807) is 20.3 Å². The molecule has 0 saturated carbocycles. The Hall–Kier alpha value is -3.06. The molecule has 1 heterocycles. The summed E-state index contributed by atoms with van der Waals surface area (Å²) in [6.07, 6.45) is 0. The lowest BCUT2D eigenvalue weighted by Gasteiger charge is -2.31. The molecule has 0 aromatic heterocycles. The largest absolute Gasteiger partial charge is 0.493 e. The summed E-state index contributed by atoms with van der Waals surface area (Å²) in [5.41, 5.74) is 2.69. The fourth-order valence-corrected chi connectivity index (χ4v) is 3.23. The Bertz CT molecular complexity index is 896. The molecule has 2 N–H and O–H groups in total. The summed E-state index contributed by atoms with van der Waals surface area (Å²) in [6, 6.07) is 14.5. The lowest BCUT2D eigenvalue weighted by molar-refractivity contribution is -0.136. The maximum Gasteiger partial charge on any atom is 0.338 e. The molecule has 140 valence electrons. The number of carbonyl (C=O) groups is 1. The van der Waals surface area contributed by atoms with Gasteiger partial charge in [-0.1, -0.05) is 36.4 Å². The fraction of sp³-hybridized carbons (Fsp3) is 0.200. The van der Waals surface area contributed by atoms with Crippen LogP contribution in [-0.4, -0.2) is 32.4 Å². The van der Waals surface area contributed by atoms with Crippen LogP contribution in [0, 0.1) is 0 Å². The summed E-state index contributed by atoms with van der Waals surface area (Å²) >= 11 is 5.38. The Morgan fingerprint density at radius 3 is 2.33 bits per heavy atom. The lowest BCUT2D eigenvalue weighted by Crippen LogP contribution is -2.45. The van der Waals surface area contributed by atoms with Gasteiger partial charge in [0.2, 0.25) is 0 Å². The molecule has 0 spiro atoms. The zero-order chi connectivity index (χ0) is 19.4. The van der Waals surface area contributed by atoms with Gasteiger partial charge in [-0.15, -0.1) is 0 Å². The summed E-state index contributed by atoms with van der Waals surface area (Å²) in [5.74, 6) is 0.715. The second kappa shape index (κ2) is 8.09. The van der Waals surface area contributed by atoms with Gasteiger partial charge in [0.1, 0.15) is 0 Å². The molecule has 0 amide bonds. The Morgan fingerprint density at radius 2 is 1.70 bits per heavy atom. The molecule has 3 rings (SSSR count). The Balaban J connectivity index is 2.18. The highest BCUT2D eigenvalue weighted by atomic mass is 32.1. The number of hydrogen-bond acceptors (Lipinski definition) is 5. The lowest BCUT2D eigenvalue weighted by atomic mass is 9.92. The van der Waals surface area contributed by atoms with Gasteiger partial charge in [0.25, 0.3) is 0 Å². The van der Waals surface area contributed by atoms with E-state index in [9.17, 15) is 4.79 Å². The van der Waals surface area contributed by atoms with Crippen LogP contribution < -0.4 is 20.1 Å². The van der Waals surface area contributed by atoms with E-state index in [2.05, 4.69) is 10.6 Å². The number of ether oxygens (including phenoxy) is 3. The van der Waals surface area contributed by atoms with Crippen molar-refractivity contribution in [1.82, 2.24) is 10.6 Å². The molecule has 7 heteroatoms. The van der Waals surface area contributed by atoms with Gasteiger partial charge < -0.3 is 24.8 Å². The third-order valence-electron chi connectivity index (χ3n) is 4.28. The van der Waals surface area contributed by atoms with E-state index in [4.69, 9.17) is 26.4 Å². The van der Waals surface area contributed by atoms with E-state index >= 15 is 0 Å². The van der Waals surface area contributed by atoms with Gasteiger partial charge >= 0.3 is 5.97 Å². The molecule has 0 radical (unpaired) electrons. The third-order valence-corrected chi connectivity index (χ3v) is 4.50. The van der Waals surface area contributed by atoms with E-state index < -0.39 is 12.0 Å². The SMILES string of the molecule is COC(=O)C1=C(c2ccccc2)NC(=S)NC1c1ccc(OC)c(OC)c1. The topological polar surface area (TPSA) is 68.8 Å². The van der Waals surface area contributed by atoms with Crippen molar-refractivity contribution >= 4 is 29.0 Å². The van der Waals surface area contributed by atoms with Crippen molar-refractivity contribution in [3.63, 3.8) is 0 Å². The first-order chi connectivity index (χ1) is 13.1. The molecule has 1 aliphatic rings. The second-order valence-electron chi connectivity index (χ2n) is 5.79. The van der Waals surface area contributed by atoms with Crippen molar-refractivity contribution in [3.8, 4) is 11.5 Å². The third kappa shape index (κ3) is 3.73. The number of esters is 1. The summed E-state index contributed by atoms with van der Waals surface area (Å²) in [4.78, 5) is 12.7. The van der Waals surface area contributed by atoms with Gasteiger partial charge in [0.15, 0.2) is 16.6 Å². The average molecular weight is 384 g/mol. The predicted octanol–water partition coefficient (Wildman–Crippen LogP) is 2.81. The van der Waals surface area contributed by atoms with Crippen LogP contribution in [0.2, 0.25) is 0 Å². The van der Waals surface area contributed by atoms with E-state index in [0.717, 1.165) is 11.1 Å². The van der Waals surface area contributed by atoms with E-state index in [-0.39, 0.29) is 0 Å². The van der Waals surface area contributed by atoms with Crippen LogP contribution in [0.3, 0.4) is 0 Å². The monoisotopic (exact) mass is 384 g/mol. The number of thiocarbonyl (C=S) groups is 1. The molecular formula is C20H20N2O4S. The summed E-state index contributed by atoms with van der Waals surface area (Å²) in [7, 11) is 4.49. The zero-order valence-corrected chi connectivity index (χ0v) is 16.1. The van der Waals surface area contributed by atoms with Crippen LogP contribution in [0.4, 0.5) is 0 Å². The number of methoxy groups -OCH3 is 3. The van der Waals surface area contributed by atoms with Gasteiger partial charge in [-0.25, -0.2) is 4.79 Å². The first-order valence-electron chi connectivity index (χ1n) is 8.26. The minimum atomic E-state index is -0.499. The molecule has 0 saturated heterocycles. The van der Waals surface area contributed by atoms with Crippen LogP contribution in [0.1, 0.15) is 17.2 Å². The number of nitrogens with one attached hydrogen (secondary N) is 2. The quantitative estimate of drug-likeness (QED) is 0.607. The molecule has 1 unspecified atom stereocenters. The standard InChI is InChI=1S/C20H20N2O4S/c1-24-14-10-9-13(11-15(14)25-2)18-16(19(23)26-3)17(21-20(27)22-18)12-7-5-4-6-8-12/h4-11,18H,1-3H3,(H2,21,22,27). The molecule has 2 aromatic rings. The average Bonchev–Trinajstić information content (AvgIpc) is 2.72. The smallest absolute Gasteiger partial charge is 0.338 e. The molecule has 2 aromatic carbocycles. The van der Waals surface area contributed by atoms with Crippen LogP contribution >= 0.6 is 12.2 Å². The van der Waals surface area contributed by atoms with Crippen LogP contribution in [0.15, 0.2) is 54.1 Å². The minimum absolute atomic E-state index is 0.418. The van der Waals surface area contributed by atoms with Crippen LogP contribution in [-0.2, 0) is 9.53 Å². The summed E-state index contributed by atoms with van der Waals surface area (Å²) in [5, 5.41) is 6.66. The molecule has 6 nitrogen and oxygen atoms in total. The highest BCUT2D eigenvalue weighted by Gasteiger charge is 2.33. The van der Waals surface area contributed by atoms with Gasteiger partial charge in [0.05, 0.1) is 38.6 Å². The molecule has 0 fully saturated rings. The minimum Gasteiger partial charge on any atom is -0.493 e.